The molecule has 3 rings (SSSR count). The standard InChI is InChI=1S/C19H24N4O/c1-21-10-16(9-20)14-5-6-15-11-22-12-19(18(15)8-14)24-17-4-3-7-23(2)13-17/h5-6,8-12,17,20-21H,3-4,7,13H2,1-2H3/b16-10+,20-9?. The molecule has 0 saturated carbocycles. The van der Waals surface area contributed by atoms with Gasteiger partial charge < -0.3 is 20.4 Å². The molecule has 0 aliphatic carbocycles. The molecule has 1 aliphatic heterocycles. The summed E-state index contributed by atoms with van der Waals surface area (Å²) in [7, 11) is 3.97. The fourth-order valence-electron chi connectivity index (χ4n) is 3.17. The van der Waals surface area contributed by atoms with Crippen molar-refractivity contribution in [3.8, 4) is 5.75 Å². The van der Waals surface area contributed by atoms with E-state index in [9.17, 15) is 0 Å². The first-order chi connectivity index (χ1) is 11.7. The van der Waals surface area contributed by atoms with Crippen molar-refractivity contribution in [3.05, 3.63) is 42.4 Å². The lowest BCUT2D eigenvalue weighted by molar-refractivity contribution is 0.105. The average Bonchev–Trinajstić information content (AvgIpc) is 2.60. The highest BCUT2D eigenvalue weighted by Crippen LogP contribution is 2.29. The zero-order valence-electron chi connectivity index (χ0n) is 14.2. The van der Waals surface area contributed by atoms with Gasteiger partial charge in [-0.3, -0.25) is 4.98 Å². The molecule has 0 spiro atoms. The second kappa shape index (κ2) is 7.45. The fraction of sp³-hybridized carbons (Fsp3) is 0.368. The van der Waals surface area contributed by atoms with Crippen LogP contribution in [0.5, 0.6) is 5.75 Å². The summed E-state index contributed by atoms with van der Waals surface area (Å²) in [5.41, 5.74) is 1.82. The average molecular weight is 324 g/mol. The van der Waals surface area contributed by atoms with E-state index in [1.807, 2.05) is 31.6 Å². The molecule has 1 fully saturated rings. The van der Waals surface area contributed by atoms with E-state index >= 15 is 0 Å². The summed E-state index contributed by atoms with van der Waals surface area (Å²) in [4.78, 5) is 6.62. The van der Waals surface area contributed by atoms with E-state index in [0.717, 1.165) is 53.6 Å². The summed E-state index contributed by atoms with van der Waals surface area (Å²) >= 11 is 0. The van der Waals surface area contributed by atoms with Gasteiger partial charge in [0.15, 0.2) is 0 Å². The van der Waals surface area contributed by atoms with Crippen LogP contribution >= 0.6 is 0 Å². The molecule has 0 radical (unpaired) electrons. The van der Waals surface area contributed by atoms with Crippen molar-refractivity contribution in [2.75, 3.05) is 27.2 Å². The van der Waals surface area contributed by atoms with Crippen LogP contribution in [0.4, 0.5) is 0 Å². The molecular formula is C19H24N4O. The zero-order chi connectivity index (χ0) is 16.9. The van der Waals surface area contributed by atoms with Crippen LogP contribution < -0.4 is 10.1 Å². The first-order valence-corrected chi connectivity index (χ1v) is 8.32. The van der Waals surface area contributed by atoms with E-state index in [4.69, 9.17) is 10.1 Å². The van der Waals surface area contributed by atoms with E-state index in [-0.39, 0.29) is 6.10 Å². The lowest BCUT2D eigenvalue weighted by Gasteiger charge is -2.30. The van der Waals surface area contributed by atoms with Crippen LogP contribution in [0, 0.1) is 5.41 Å². The Hall–Kier alpha value is -2.40. The van der Waals surface area contributed by atoms with E-state index in [1.165, 1.54) is 6.21 Å². The van der Waals surface area contributed by atoms with Crippen molar-refractivity contribution < 1.29 is 4.74 Å². The van der Waals surface area contributed by atoms with Gasteiger partial charge in [-0.15, -0.1) is 0 Å². The molecule has 2 aromatic rings. The highest BCUT2D eigenvalue weighted by molar-refractivity contribution is 6.09. The first-order valence-electron chi connectivity index (χ1n) is 8.32. The predicted octanol–water partition coefficient (Wildman–Crippen LogP) is 2.92. The highest BCUT2D eigenvalue weighted by atomic mass is 16.5. The van der Waals surface area contributed by atoms with Gasteiger partial charge in [0.1, 0.15) is 11.9 Å². The van der Waals surface area contributed by atoms with Crippen LogP contribution in [0.25, 0.3) is 16.3 Å². The van der Waals surface area contributed by atoms with E-state index < -0.39 is 0 Å². The molecule has 1 atom stereocenters. The van der Waals surface area contributed by atoms with Crippen LogP contribution in [-0.4, -0.2) is 49.4 Å². The molecule has 24 heavy (non-hydrogen) atoms. The third-order valence-electron chi connectivity index (χ3n) is 4.39. The second-order valence-corrected chi connectivity index (χ2v) is 6.25. The zero-order valence-corrected chi connectivity index (χ0v) is 14.2. The summed E-state index contributed by atoms with van der Waals surface area (Å²) in [6.45, 7) is 2.08. The number of pyridine rings is 1. The number of likely N-dealkylation sites (tertiary alicyclic amines) is 1. The minimum absolute atomic E-state index is 0.204. The van der Waals surface area contributed by atoms with Crippen LogP contribution in [-0.2, 0) is 0 Å². The quantitative estimate of drug-likeness (QED) is 0.830. The first kappa shape index (κ1) is 16.5. The number of ether oxygens (including phenoxy) is 1. The number of benzene rings is 1. The number of hydrogen-bond acceptors (Lipinski definition) is 5. The van der Waals surface area contributed by atoms with Crippen molar-refractivity contribution in [1.29, 1.82) is 5.41 Å². The Morgan fingerprint density at radius 2 is 2.29 bits per heavy atom. The monoisotopic (exact) mass is 324 g/mol. The molecule has 5 nitrogen and oxygen atoms in total. The fourth-order valence-corrected chi connectivity index (χ4v) is 3.17. The minimum Gasteiger partial charge on any atom is -0.487 e. The summed E-state index contributed by atoms with van der Waals surface area (Å²) in [6, 6.07) is 6.12. The second-order valence-electron chi connectivity index (χ2n) is 6.25. The Morgan fingerprint density at radius 1 is 1.42 bits per heavy atom. The van der Waals surface area contributed by atoms with Gasteiger partial charge in [-0.1, -0.05) is 12.1 Å². The molecule has 5 heteroatoms. The third kappa shape index (κ3) is 3.57. The molecule has 0 bridgehead atoms. The van der Waals surface area contributed by atoms with Crippen LogP contribution in [0.2, 0.25) is 0 Å². The molecule has 1 aliphatic rings. The maximum Gasteiger partial charge on any atom is 0.145 e. The number of rotatable bonds is 5. The van der Waals surface area contributed by atoms with E-state index in [2.05, 4.69) is 28.3 Å². The normalized spacial score (nSPS) is 19.2. The summed E-state index contributed by atoms with van der Waals surface area (Å²) in [5, 5.41) is 12.7. The highest BCUT2D eigenvalue weighted by Gasteiger charge is 2.19. The summed E-state index contributed by atoms with van der Waals surface area (Å²) in [6.07, 6.45) is 9.27. The van der Waals surface area contributed by atoms with Crippen LogP contribution in [0.1, 0.15) is 18.4 Å². The van der Waals surface area contributed by atoms with Crippen molar-refractivity contribution in [2.24, 2.45) is 0 Å². The number of aromatic nitrogens is 1. The van der Waals surface area contributed by atoms with Crippen LogP contribution in [0.15, 0.2) is 36.8 Å². The van der Waals surface area contributed by atoms with Gasteiger partial charge in [-0.05, 0) is 38.1 Å². The Balaban J connectivity index is 1.95. The SMILES string of the molecule is CN/C=C(\C=N)c1ccc2cncc(OC3CCCN(C)C3)c2c1. The molecular weight excluding hydrogens is 300 g/mol. The number of piperidine rings is 1. The molecule has 2 N–H and O–H groups in total. The summed E-state index contributed by atoms with van der Waals surface area (Å²) < 4.78 is 6.27. The summed E-state index contributed by atoms with van der Waals surface area (Å²) in [5.74, 6) is 0.823. The number of nitrogens with one attached hydrogen (secondary N) is 2. The molecule has 1 aromatic heterocycles. The van der Waals surface area contributed by atoms with Gasteiger partial charge in [0.25, 0.3) is 0 Å². The number of allylic oxidation sites excluding steroid dienone is 1. The van der Waals surface area contributed by atoms with E-state index in [1.54, 1.807) is 6.20 Å². The Labute approximate surface area is 142 Å². The van der Waals surface area contributed by atoms with Gasteiger partial charge in [0, 0.05) is 48.5 Å². The smallest absolute Gasteiger partial charge is 0.145 e. The Bertz CT molecular complexity index is 756. The maximum atomic E-state index is 7.61. The van der Waals surface area contributed by atoms with Crippen molar-refractivity contribution in [3.63, 3.8) is 0 Å². The maximum absolute atomic E-state index is 7.61. The number of hydrogen-bond donors (Lipinski definition) is 2. The lowest BCUT2D eigenvalue weighted by atomic mass is 10.0. The van der Waals surface area contributed by atoms with E-state index in [0.29, 0.717) is 0 Å². The van der Waals surface area contributed by atoms with Gasteiger partial charge in [-0.25, -0.2) is 0 Å². The van der Waals surface area contributed by atoms with Crippen molar-refractivity contribution in [2.45, 2.75) is 18.9 Å². The number of nitrogens with zero attached hydrogens (tertiary/aromatic N) is 2. The minimum atomic E-state index is 0.204. The molecule has 1 unspecified atom stereocenters. The van der Waals surface area contributed by atoms with Crippen molar-refractivity contribution >= 4 is 22.6 Å². The predicted molar refractivity (Wildman–Crippen MR) is 98.7 cm³/mol. The van der Waals surface area contributed by atoms with Crippen molar-refractivity contribution in [1.82, 2.24) is 15.2 Å². The number of fused-ring (bicyclic) bond motifs is 1. The molecule has 1 saturated heterocycles. The molecule has 126 valence electrons. The molecule has 1 aromatic carbocycles. The van der Waals surface area contributed by atoms with Gasteiger partial charge in [0.2, 0.25) is 0 Å². The third-order valence-corrected chi connectivity index (χ3v) is 4.39. The lowest BCUT2D eigenvalue weighted by Crippen LogP contribution is -2.38. The van der Waals surface area contributed by atoms with Gasteiger partial charge in [-0.2, -0.15) is 0 Å². The molecule has 0 amide bonds. The van der Waals surface area contributed by atoms with Crippen LogP contribution in [0.3, 0.4) is 0 Å². The largest absolute Gasteiger partial charge is 0.487 e. The Morgan fingerprint density at radius 3 is 3.04 bits per heavy atom. The molecule has 2 heterocycles. The Kier molecular flexibility index (Phi) is 5.11. The number of likely N-dealkylation sites (N-methyl/N-ethyl adjacent to an activating group) is 1. The van der Waals surface area contributed by atoms with Gasteiger partial charge in [0.05, 0.1) is 6.20 Å². The van der Waals surface area contributed by atoms with Gasteiger partial charge >= 0.3 is 0 Å². The topological polar surface area (TPSA) is 61.2 Å².